The zero-order valence-corrected chi connectivity index (χ0v) is 19.9. The lowest BCUT2D eigenvalue weighted by Crippen LogP contribution is -2.59. The maximum atomic E-state index is 12.9. The summed E-state index contributed by atoms with van der Waals surface area (Å²) in [6.45, 7) is 7.37. The van der Waals surface area contributed by atoms with Crippen molar-refractivity contribution in [3.63, 3.8) is 0 Å². The van der Waals surface area contributed by atoms with Gasteiger partial charge in [-0.3, -0.25) is 19.2 Å². The van der Waals surface area contributed by atoms with E-state index in [-0.39, 0.29) is 18.3 Å². The number of rotatable bonds is 16. The number of hydrogen-bond donors (Lipinski definition) is 7. The predicted octanol–water partition coefficient (Wildman–Crippen LogP) is -1.44. The van der Waals surface area contributed by atoms with Crippen LogP contribution in [0.25, 0.3) is 0 Å². The molecule has 0 rings (SSSR count). The monoisotopic (exact) mass is 472 g/mol. The zero-order valence-electron chi connectivity index (χ0n) is 19.9. The van der Waals surface area contributed by atoms with Crippen molar-refractivity contribution in [1.82, 2.24) is 16.0 Å². The molecule has 0 spiro atoms. The van der Waals surface area contributed by atoms with Crippen LogP contribution in [0.15, 0.2) is 0 Å². The first-order valence-electron chi connectivity index (χ1n) is 11.2. The molecule has 0 aromatic rings. The summed E-state index contributed by atoms with van der Waals surface area (Å²) < 4.78 is 0. The van der Waals surface area contributed by atoms with Crippen molar-refractivity contribution in [1.29, 1.82) is 0 Å². The van der Waals surface area contributed by atoms with E-state index in [9.17, 15) is 29.1 Å². The molecule has 0 aliphatic heterocycles. The van der Waals surface area contributed by atoms with Crippen molar-refractivity contribution in [3.8, 4) is 0 Å². The van der Waals surface area contributed by atoms with Crippen LogP contribution in [-0.4, -0.2) is 65.4 Å². The predicted molar refractivity (Wildman–Crippen MR) is 122 cm³/mol. The number of carboxylic acids is 1. The topological polar surface area (TPSA) is 220 Å². The SMILES string of the molecule is CCC(C)C(NC(=O)C(CC(N)=O)NC(=O)C(N)C(C)C)C(=O)NC(CCCCN)C(=O)O. The van der Waals surface area contributed by atoms with Crippen molar-refractivity contribution in [2.45, 2.75) is 84.0 Å². The van der Waals surface area contributed by atoms with Gasteiger partial charge in [0.15, 0.2) is 0 Å². The lowest BCUT2D eigenvalue weighted by atomic mass is 9.96. The number of hydrogen-bond acceptors (Lipinski definition) is 7. The molecular formula is C21H40N6O6. The maximum Gasteiger partial charge on any atom is 0.326 e. The Bertz CT molecular complexity index is 686. The third-order valence-corrected chi connectivity index (χ3v) is 5.41. The number of nitrogens with one attached hydrogen (secondary N) is 3. The normalized spacial score (nSPS) is 15.6. The third-order valence-electron chi connectivity index (χ3n) is 5.41. The van der Waals surface area contributed by atoms with Gasteiger partial charge in [0, 0.05) is 0 Å². The second-order valence-corrected chi connectivity index (χ2v) is 8.56. The first kappa shape index (κ1) is 30.3. The molecule has 12 nitrogen and oxygen atoms in total. The minimum atomic E-state index is -1.33. The second kappa shape index (κ2) is 15.2. The lowest BCUT2D eigenvalue weighted by molar-refractivity contribution is -0.143. The van der Waals surface area contributed by atoms with Crippen molar-refractivity contribution in [2.24, 2.45) is 29.0 Å². The highest BCUT2D eigenvalue weighted by atomic mass is 16.4. The van der Waals surface area contributed by atoms with Crippen LogP contribution >= 0.6 is 0 Å². The van der Waals surface area contributed by atoms with Gasteiger partial charge < -0.3 is 38.3 Å². The van der Waals surface area contributed by atoms with E-state index in [1.54, 1.807) is 27.7 Å². The van der Waals surface area contributed by atoms with Gasteiger partial charge in [-0.05, 0) is 37.6 Å². The average molecular weight is 473 g/mol. The van der Waals surface area contributed by atoms with Gasteiger partial charge in [-0.1, -0.05) is 34.1 Å². The van der Waals surface area contributed by atoms with Gasteiger partial charge in [-0.25, -0.2) is 4.79 Å². The average Bonchev–Trinajstić information content (AvgIpc) is 2.74. The summed E-state index contributed by atoms with van der Waals surface area (Å²) in [4.78, 5) is 61.1. The molecule has 0 aromatic heterocycles. The van der Waals surface area contributed by atoms with E-state index >= 15 is 0 Å². The first-order chi connectivity index (χ1) is 15.3. The first-order valence-corrected chi connectivity index (χ1v) is 11.2. The van der Waals surface area contributed by atoms with Gasteiger partial charge >= 0.3 is 5.97 Å². The molecule has 5 atom stereocenters. The molecule has 0 aromatic carbocycles. The number of primary amides is 1. The Balaban J connectivity index is 5.53. The van der Waals surface area contributed by atoms with E-state index in [0.717, 1.165) is 0 Å². The molecule has 0 saturated heterocycles. The fraction of sp³-hybridized carbons (Fsp3) is 0.762. The van der Waals surface area contributed by atoms with E-state index < -0.39 is 60.2 Å². The number of aliphatic carboxylic acids is 1. The van der Waals surface area contributed by atoms with Gasteiger partial charge in [-0.2, -0.15) is 0 Å². The van der Waals surface area contributed by atoms with Gasteiger partial charge in [0.2, 0.25) is 23.6 Å². The van der Waals surface area contributed by atoms with Crippen molar-refractivity contribution >= 4 is 29.6 Å². The Labute approximate surface area is 194 Å². The zero-order chi connectivity index (χ0) is 25.7. The van der Waals surface area contributed by atoms with Crippen LogP contribution < -0.4 is 33.2 Å². The highest BCUT2D eigenvalue weighted by Crippen LogP contribution is 2.11. The van der Waals surface area contributed by atoms with Crippen LogP contribution in [0.3, 0.4) is 0 Å². The molecule has 33 heavy (non-hydrogen) atoms. The van der Waals surface area contributed by atoms with Crippen LogP contribution in [0.2, 0.25) is 0 Å². The minimum Gasteiger partial charge on any atom is -0.480 e. The fourth-order valence-electron chi connectivity index (χ4n) is 2.95. The van der Waals surface area contributed by atoms with Gasteiger partial charge in [0.1, 0.15) is 18.1 Å². The Hall–Kier alpha value is -2.73. The standard InChI is InChI=1S/C21H40N6O6/c1-5-12(4)17(20(31)25-13(21(32)33)8-6-7-9-22)27-18(29)14(10-15(23)28)26-19(30)16(24)11(2)3/h11-14,16-17H,5-10,22,24H2,1-4H3,(H2,23,28)(H,25,31)(H,26,30)(H,27,29)(H,32,33). The van der Waals surface area contributed by atoms with Gasteiger partial charge in [0.25, 0.3) is 0 Å². The van der Waals surface area contributed by atoms with Crippen LogP contribution in [0, 0.1) is 11.8 Å². The molecule has 4 amide bonds. The molecule has 190 valence electrons. The minimum absolute atomic E-state index is 0.187. The molecule has 12 heteroatoms. The Kier molecular flexibility index (Phi) is 13.9. The summed E-state index contributed by atoms with van der Waals surface area (Å²) in [6, 6.07) is -4.48. The molecule has 0 fully saturated rings. The third kappa shape index (κ3) is 11.1. The largest absolute Gasteiger partial charge is 0.480 e. The molecule has 10 N–H and O–H groups in total. The Morgan fingerprint density at radius 2 is 1.45 bits per heavy atom. The summed E-state index contributed by atoms with van der Waals surface area (Å²) >= 11 is 0. The number of carboxylic acid groups (broad SMARTS) is 1. The molecule has 0 heterocycles. The summed E-state index contributed by atoms with van der Waals surface area (Å²) in [6.07, 6.45) is 1.31. The van der Waals surface area contributed by atoms with Crippen LogP contribution in [-0.2, 0) is 24.0 Å². The van der Waals surface area contributed by atoms with Crippen molar-refractivity contribution in [2.75, 3.05) is 6.54 Å². The number of amides is 4. The summed E-state index contributed by atoms with van der Waals surface area (Å²) in [5, 5.41) is 16.8. The summed E-state index contributed by atoms with van der Waals surface area (Å²) in [5.41, 5.74) is 16.5. The van der Waals surface area contributed by atoms with E-state index in [1.165, 1.54) is 0 Å². The molecule has 0 radical (unpaired) electrons. The van der Waals surface area contributed by atoms with E-state index in [4.69, 9.17) is 17.2 Å². The molecule has 0 aliphatic rings. The van der Waals surface area contributed by atoms with Crippen molar-refractivity contribution in [3.05, 3.63) is 0 Å². The van der Waals surface area contributed by atoms with Crippen LogP contribution in [0.1, 0.15) is 59.8 Å². The maximum absolute atomic E-state index is 12.9. The summed E-state index contributed by atoms with van der Waals surface area (Å²) in [5.74, 6) is -4.72. The van der Waals surface area contributed by atoms with Gasteiger partial charge in [0.05, 0.1) is 12.5 Å². The van der Waals surface area contributed by atoms with E-state index in [2.05, 4.69) is 16.0 Å². The van der Waals surface area contributed by atoms with E-state index in [0.29, 0.717) is 25.8 Å². The van der Waals surface area contributed by atoms with Crippen molar-refractivity contribution < 1.29 is 29.1 Å². The second-order valence-electron chi connectivity index (χ2n) is 8.56. The fourth-order valence-corrected chi connectivity index (χ4v) is 2.95. The van der Waals surface area contributed by atoms with Gasteiger partial charge in [-0.15, -0.1) is 0 Å². The van der Waals surface area contributed by atoms with Crippen LogP contribution in [0.4, 0.5) is 0 Å². The Morgan fingerprint density at radius 3 is 1.91 bits per heavy atom. The highest BCUT2D eigenvalue weighted by Gasteiger charge is 2.33. The van der Waals surface area contributed by atoms with Crippen LogP contribution in [0.5, 0.6) is 0 Å². The molecule has 0 saturated carbocycles. The quantitative estimate of drug-likeness (QED) is 0.131. The molecule has 0 aliphatic carbocycles. The Morgan fingerprint density at radius 1 is 0.879 bits per heavy atom. The number of unbranched alkanes of at least 4 members (excludes halogenated alkanes) is 1. The summed E-state index contributed by atoms with van der Waals surface area (Å²) in [7, 11) is 0. The molecule has 5 unspecified atom stereocenters. The number of nitrogens with two attached hydrogens (primary N) is 3. The highest BCUT2D eigenvalue weighted by molar-refractivity contribution is 5.96. The number of carbonyl (C=O) groups is 5. The molecule has 0 bridgehead atoms. The lowest BCUT2D eigenvalue weighted by Gasteiger charge is -2.28. The van der Waals surface area contributed by atoms with E-state index in [1.807, 2.05) is 0 Å². The molecular weight excluding hydrogens is 432 g/mol. The smallest absolute Gasteiger partial charge is 0.326 e. The number of carbonyl (C=O) groups excluding carboxylic acids is 4.